The highest BCUT2D eigenvalue weighted by molar-refractivity contribution is 6.52. The van der Waals surface area contributed by atoms with Gasteiger partial charge >= 0.3 is 33.8 Å². The van der Waals surface area contributed by atoms with Gasteiger partial charge in [-0.1, -0.05) is 112 Å². The first kappa shape index (κ1) is 76.6. The van der Waals surface area contributed by atoms with Crippen LogP contribution in [0.15, 0.2) is 18.2 Å². The Hall–Kier alpha value is -3.81. The molecule has 0 aromatic heterocycles. The Balaban J connectivity index is 0.000000165. The molecule has 0 bridgehead atoms. The van der Waals surface area contributed by atoms with Gasteiger partial charge in [0.25, 0.3) is 0 Å². The van der Waals surface area contributed by atoms with Crippen LogP contribution in [0.4, 0.5) is 17.6 Å². The molecule has 4 saturated heterocycles. The maximum Gasteiger partial charge on any atom is 0.396 e. The van der Waals surface area contributed by atoms with Gasteiger partial charge in [0.2, 0.25) is 29.5 Å². The van der Waals surface area contributed by atoms with Gasteiger partial charge in [-0.05, 0) is 160 Å². The van der Waals surface area contributed by atoms with Gasteiger partial charge in [-0.15, -0.1) is 0 Å². The van der Waals surface area contributed by atoms with Crippen LogP contribution in [0.2, 0.25) is 27.3 Å². The molecule has 5 amide bonds. The minimum Gasteiger partial charge on any atom is -0.449 e. The highest BCUT2D eigenvalue weighted by Crippen LogP contribution is 2.60. The quantitative estimate of drug-likeness (QED) is 0.0711. The van der Waals surface area contributed by atoms with E-state index in [4.69, 9.17) is 28.7 Å². The summed E-state index contributed by atoms with van der Waals surface area (Å²) in [5, 5.41) is 38.8. The summed E-state index contributed by atoms with van der Waals surface area (Å²) in [6.07, 6.45) is 20.2. The molecule has 5 aliphatic heterocycles. The van der Waals surface area contributed by atoms with E-state index in [1.54, 1.807) is 43.2 Å². The van der Waals surface area contributed by atoms with E-state index in [2.05, 4.69) is 27.7 Å². The van der Waals surface area contributed by atoms with Crippen molar-refractivity contribution in [2.75, 3.05) is 26.2 Å². The molecule has 19 nitrogen and oxygen atoms in total. The molecule has 14 N–H and O–H groups in total. The predicted molar refractivity (Wildman–Crippen MR) is 359 cm³/mol. The van der Waals surface area contributed by atoms with Crippen molar-refractivity contribution in [1.82, 2.24) is 24.5 Å². The Morgan fingerprint density at radius 3 is 1.00 bits per heavy atom. The average molecular weight is 1310 g/mol. The number of benzene rings is 1. The molecule has 10 aliphatic rings. The molecule has 11 rings (SSSR count). The first-order valence-corrected chi connectivity index (χ1v) is 35.4. The zero-order valence-electron chi connectivity index (χ0n) is 57.3. The number of alkyl halides is 3. The smallest absolute Gasteiger partial charge is 0.396 e. The summed E-state index contributed by atoms with van der Waals surface area (Å²) < 4.78 is 52.1. The minimum atomic E-state index is -4.44. The predicted octanol–water partition coefficient (Wildman–Crippen LogP) is 6.49. The molecule has 522 valence electrons. The van der Waals surface area contributed by atoms with Crippen LogP contribution >= 0.6 is 0 Å². The lowest BCUT2D eigenvalue weighted by Crippen LogP contribution is -2.56. The van der Waals surface area contributed by atoms with Crippen molar-refractivity contribution in [3.05, 3.63) is 35.1 Å². The zero-order valence-corrected chi connectivity index (χ0v) is 57.3. The van der Waals surface area contributed by atoms with Gasteiger partial charge in [0, 0.05) is 63.0 Å². The third kappa shape index (κ3) is 17.9. The number of likely N-dealkylation sites (tertiary alicyclic amines) is 4. The fourth-order valence-corrected chi connectivity index (χ4v) is 16.4. The lowest BCUT2D eigenvalue weighted by atomic mass is 9.62. The molecule has 0 radical (unpaired) electrons. The van der Waals surface area contributed by atoms with Crippen LogP contribution in [-0.4, -0.2) is 188 Å². The van der Waals surface area contributed by atoms with E-state index < -0.39 is 75.3 Å². The van der Waals surface area contributed by atoms with Crippen molar-refractivity contribution in [1.29, 1.82) is 0 Å². The molecular weight excluding hydrogens is 1200 g/mol. The maximum absolute atomic E-state index is 13.3. The number of rotatable bonds is 14. The van der Waals surface area contributed by atoms with E-state index in [0.717, 1.165) is 133 Å². The summed E-state index contributed by atoms with van der Waals surface area (Å²) in [4.78, 5) is 70.9. The Labute approximate surface area is 553 Å². The van der Waals surface area contributed by atoms with Gasteiger partial charge < -0.3 is 73.3 Å². The molecule has 93 heavy (non-hydrogen) atoms. The summed E-state index contributed by atoms with van der Waals surface area (Å²) in [6, 6.07) is 1.56. The van der Waals surface area contributed by atoms with E-state index >= 15 is 0 Å². The molecule has 9 fully saturated rings. The van der Waals surface area contributed by atoms with Crippen molar-refractivity contribution >= 4 is 57.2 Å². The van der Waals surface area contributed by atoms with Crippen molar-refractivity contribution in [3.63, 3.8) is 0 Å². The number of nitrogens with zero attached hydrogens (tertiary/aromatic N) is 5. The third-order valence-corrected chi connectivity index (χ3v) is 23.8. The number of carbonyl (C=O) groups excluding carboxylic acids is 5. The highest BCUT2D eigenvalue weighted by atomic mass is 19.4. The Kier molecular flexibility index (Phi) is 26.2. The normalized spacial score (nSPS) is 26.8. The summed E-state index contributed by atoms with van der Waals surface area (Å²) in [6.45, 7) is 16.8. The summed E-state index contributed by atoms with van der Waals surface area (Å²) in [5.41, 5.74) is 30.2. The summed E-state index contributed by atoms with van der Waals surface area (Å²) in [5.74, 6) is -1.30. The molecule has 5 saturated carbocycles. The first-order valence-electron chi connectivity index (χ1n) is 35.4. The molecule has 9 atom stereocenters. The molecule has 1 aromatic rings. The average Bonchev–Trinajstić information content (AvgIpc) is 1.46. The number of fused-ring (bicyclic) bond motifs is 1. The van der Waals surface area contributed by atoms with E-state index in [-0.39, 0.29) is 87.8 Å². The van der Waals surface area contributed by atoms with E-state index in [0.29, 0.717) is 32.5 Å². The van der Waals surface area contributed by atoms with Crippen LogP contribution in [0.1, 0.15) is 206 Å². The monoisotopic (exact) mass is 1310 g/mol. The SMILES string of the molecule is CB(O)C1CCCN1C(=O)C(N)C1(C(F)(F)F)CC1.CB(O)C1CCCN1C(=O)C(N)C1(C)CC1.CB(O)C1CCCN1C(=O)C(N)C1(C)CCCC1.CB(O)C1CCCN1C(=O)C(N)C1(C)CCCCC1.CC1(C(N)C(=O)N2Cc3ccc(F)cc3C2)CCCCC1. The number of amides is 5. The molecule has 0 spiro atoms. The van der Waals surface area contributed by atoms with Crippen LogP contribution in [0.3, 0.4) is 0 Å². The topological polar surface area (TPSA) is 313 Å². The van der Waals surface area contributed by atoms with Crippen LogP contribution in [0.5, 0.6) is 0 Å². The lowest BCUT2D eigenvalue weighted by Gasteiger charge is -2.40. The molecule has 9 unspecified atom stereocenters. The fourth-order valence-electron chi connectivity index (χ4n) is 16.4. The van der Waals surface area contributed by atoms with Gasteiger partial charge in [-0.2, -0.15) is 13.2 Å². The molecule has 5 heterocycles. The van der Waals surface area contributed by atoms with Gasteiger partial charge in [0.15, 0.2) is 0 Å². The van der Waals surface area contributed by atoms with E-state index in [1.807, 2.05) is 9.80 Å². The largest absolute Gasteiger partial charge is 0.449 e. The molecule has 27 heteroatoms. The van der Waals surface area contributed by atoms with Crippen LogP contribution in [0, 0.1) is 32.9 Å². The minimum absolute atomic E-state index is 0.0102. The van der Waals surface area contributed by atoms with E-state index in [9.17, 15) is 61.6 Å². The summed E-state index contributed by atoms with van der Waals surface area (Å²) in [7, 11) is 0. The second-order valence-electron chi connectivity index (χ2n) is 31.0. The Morgan fingerprint density at radius 1 is 0.430 bits per heavy atom. The second-order valence-corrected chi connectivity index (χ2v) is 31.0. The summed E-state index contributed by atoms with van der Waals surface area (Å²) >= 11 is 0. The molecular formula is C66H114B4F4N10O9. The number of carbonyl (C=O) groups is 5. The van der Waals surface area contributed by atoms with Crippen LogP contribution < -0.4 is 28.7 Å². The van der Waals surface area contributed by atoms with Gasteiger partial charge in [0.05, 0.1) is 35.6 Å². The maximum atomic E-state index is 13.3. The van der Waals surface area contributed by atoms with Crippen molar-refractivity contribution in [2.45, 2.75) is 295 Å². The Morgan fingerprint density at radius 2 is 0.710 bits per heavy atom. The highest BCUT2D eigenvalue weighted by Gasteiger charge is 2.69. The standard InChI is InChI=1S/C17H23FN2O.C14H27BN2O2.C13H25BN2O2.C11H18BF3N2O2.C11H21BN2O2/c1-17(7-3-2-4-8-17)15(19)16(21)20-10-12-5-6-14(18)9-13(12)11-20;1-14(8-4-3-5-9-14)12(16)13(18)17-10-6-7-11(17)15(2)19;1-13(7-3-4-8-13)11(15)12(17)16-9-5-6-10(16)14(2)18;1-12(19)7-3-2-6-17(7)9(18)8(16)10(4-5-10)11(13,14)15;1-11(5-6-11)9(13)10(15)14-7-3-4-8(14)12(2)16/h5-6,9,15H,2-4,7-8,10-11,19H2,1H3;11-12,19H,3-10,16H2,1-2H3;10-11,18H,3-9,15H2,1-2H3;7-8,19H,2-6,16H2,1H3;8-9,16H,3-7,13H2,1-2H3. The van der Waals surface area contributed by atoms with Crippen molar-refractivity contribution in [3.8, 4) is 0 Å². The number of hydrogen-bond donors (Lipinski definition) is 9. The molecule has 5 aliphatic carbocycles. The number of halogens is 4. The van der Waals surface area contributed by atoms with Crippen molar-refractivity contribution in [2.24, 2.45) is 55.7 Å². The van der Waals surface area contributed by atoms with E-state index in [1.165, 1.54) is 55.6 Å². The lowest BCUT2D eigenvalue weighted by molar-refractivity contribution is -0.196. The van der Waals surface area contributed by atoms with Crippen LogP contribution in [0.25, 0.3) is 0 Å². The first-order chi connectivity index (χ1) is 43.6. The number of nitrogens with two attached hydrogens (primary N) is 5. The van der Waals surface area contributed by atoms with Crippen molar-refractivity contribution < 1.29 is 61.6 Å². The second kappa shape index (κ2) is 31.8. The van der Waals surface area contributed by atoms with Gasteiger partial charge in [0.1, 0.15) is 5.82 Å². The van der Waals surface area contributed by atoms with Crippen LogP contribution in [-0.2, 0) is 37.1 Å². The zero-order chi connectivity index (χ0) is 68.8. The fraction of sp³-hybridized carbons (Fsp3) is 0.833. The third-order valence-electron chi connectivity index (χ3n) is 23.8. The number of hydrogen-bond acceptors (Lipinski definition) is 14. The molecule has 1 aromatic carbocycles. The van der Waals surface area contributed by atoms with Gasteiger partial charge in [-0.3, -0.25) is 24.0 Å². The van der Waals surface area contributed by atoms with Gasteiger partial charge in [-0.25, -0.2) is 4.39 Å². The Bertz CT molecular complexity index is 2680.